The largest absolute Gasteiger partial charge is 0.365 e. The Bertz CT molecular complexity index is 656. The van der Waals surface area contributed by atoms with Crippen LogP contribution in [0.1, 0.15) is 26.3 Å². The van der Waals surface area contributed by atoms with Crippen molar-refractivity contribution >= 4 is 5.82 Å². The number of anilines is 1. The molecule has 4 nitrogen and oxygen atoms in total. The lowest BCUT2D eigenvalue weighted by molar-refractivity contribution is 0.383. The molecule has 1 aromatic carbocycles. The van der Waals surface area contributed by atoms with Crippen molar-refractivity contribution in [3.05, 3.63) is 58.4 Å². The maximum Gasteiger partial charge on any atom is 0.293 e. The summed E-state index contributed by atoms with van der Waals surface area (Å²) in [4.78, 5) is 16.4. The molecule has 0 radical (unpaired) electrons. The molecule has 1 aromatic heterocycles. The van der Waals surface area contributed by atoms with E-state index in [-0.39, 0.29) is 16.9 Å². The van der Waals surface area contributed by atoms with Crippen molar-refractivity contribution in [2.45, 2.75) is 32.7 Å². The molecule has 5 heteroatoms. The van der Waals surface area contributed by atoms with Crippen LogP contribution in [0.4, 0.5) is 10.2 Å². The fourth-order valence-corrected chi connectivity index (χ4v) is 2.04. The van der Waals surface area contributed by atoms with E-state index in [0.717, 1.165) is 5.56 Å². The Morgan fingerprint density at radius 3 is 2.52 bits per heavy atom. The highest BCUT2D eigenvalue weighted by molar-refractivity contribution is 5.31. The van der Waals surface area contributed by atoms with Gasteiger partial charge in [0.25, 0.3) is 5.56 Å². The Kier molecular flexibility index (Phi) is 4.40. The van der Waals surface area contributed by atoms with Crippen LogP contribution in [0.3, 0.4) is 0 Å². The molecule has 0 aliphatic carbocycles. The third-order valence-corrected chi connectivity index (χ3v) is 3.18. The van der Waals surface area contributed by atoms with Gasteiger partial charge in [0, 0.05) is 24.5 Å². The molecule has 0 aliphatic rings. The predicted molar refractivity (Wildman–Crippen MR) is 82.1 cm³/mol. The van der Waals surface area contributed by atoms with Crippen LogP contribution in [0.2, 0.25) is 0 Å². The van der Waals surface area contributed by atoms with Crippen molar-refractivity contribution in [2.24, 2.45) is 0 Å². The highest BCUT2D eigenvalue weighted by Gasteiger charge is 2.16. The molecule has 0 saturated heterocycles. The van der Waals surface area contributed by atoms with Crippen LogP contribution in [0, 0.1) is 5.82 Å². The summed E-state index contributed by atoms with van der Waals surface area (Å²) >= 11 is 0. The normalized spacial score (nSPS) is 11.4. The van der Waals surface area contributed by atoms with Gasteiger partial charge in [-0.2, -0.15) is 0 Å². The van der Waals surface area contributed by atoms with E-state index in [4.69, 9.17) is 0 Å². The molecule has 0 fully saturated rings. The standard InChI is InChI=1S/C16H20FN3O/c1-16(2,3)20-11-10-19-14(15(20)21)18-9-8-12-4-6-13(17)7-5-12/h4-7,10-11H,8-9H2,1-3H3,(H,18,19). The van der Waals surface area contributed by atoms with Crippen molar-refractivity contribution in [1.29, 1.82) is 0 Å². The summed E-state index contributed by atoms with van der Waals surface area (Å²) < 4.78 is 14.5. The molecule has 0 bridgehead atoms. The fraction of sp³-hybridized carbons (Fsp3) is 0.375. The minimum absolute atomic E-state index is 0.135. The van der Waals surface area contributed by atoms with Gasteiger partial charge < -0.3 is 9.88 Å². The zero-order valence-electron chi connectivity index (χ0n) is 12.6. The monoisotopic (exact) mass is 289 g/mol. The smallest absolute Gasteiger partial charge is 0.293 e. The molecule has 0 saturated carbocycles. The van der Waals surface area contributed by atoms with Gasteiger partial charge in [0.05, 0.1) is 0 Å². The molecule has 1 heterocycles. The van der Waals surface area contributed by atoms with E-state index in [2.05, 4.69) is 10.3 Å². The first-order chi connectivity index (χ1) is 9.88. The molecular weight excluding hydrogens is 269 g/mol. The highest BCUT2D eigenvalue weighted by atomic mass is 19.1. The maximum absolute atomic E-state index is 12.8. The molecule has 0 amide bonds. The van der Waals surface area contributed by atoms with E-state index < -0.39 is 0 Å². The van der Waals surface area contributed by atoms with Gasteiger partial charge in [0.1, 0.15) is 5.82 Å². The van der Waals surface area contributed by atoms with Crippen molar-refractivity contribution in [3.63, 3.8) is 0 Å². The number of benzene rings is 1. The van der Waals surface area contributed by atoms with E-state index in [9.17, 15) is 9.18 Å². The lowest BCUT2D eigenvalue weighted by atomic mass is 10.1. The summed E-state index contributed by atoms with van der Waals surface area (Å²) in [5.74, 6) is 0.0963. The van der Waals surface area contributed by atoms with Crippen molar-refractivity contribution in [3.8, 4) is 0 Å². The number of hydrogen-bond donors (Lipinski definition) is 1. The SMILES string of the molecule is CC(C)(C)n1ccnc(NCCc2ccc(F)cc2)c1=O. The molecule has 112 valence electrons. The number of rotatable bonds is 4. The summed E-state index contributed by atoms with van der Waals surface area (Å²) in [6.45, 7) is 6.48. The lowest BCUT2D eigenvalue weighted by Gasteiger charge is -2.22. The highest BCUT2D eigenvalue weighted by Crippen LogP contribution is 2.10. The Labute approximate surface area is 123 Å². The molecule has 0 aliphatic heterocycles. The third-order valence-electron chi connectivity index (χ3n) is 3.18. The van der Waals surface area contributed by atoms with E-state index in [0.29, 0.717) is 18.8 Å². The summed E-state index contributed by atoms with van der Waals surface area (Å²) in [6.07, 6.45) is 4.01. The van der Waals surface area contributed by atoms with Crippen LogP contribution in [0.15, 0.2) is 41.5 Å². The zero-order valence-corrected chi connectivity index (χ0v) is 12.6. The van der Waals surface area contributed by atoms with Crippen molar-refractivity contribution in [1.82, 2.24) is 9.55 Å². The van der Waals surface area contributed by atoms with E-state index in [1.165, 1.54) is 12.1 Å². The minimum atomic E-state index is -0.284. The van der Waals surface area contributed by atoms with Crippen molar-refractivity contribution in [2.75, 3.05) is 11.9 Å². The summed E-state index contributed by atoms with van der Waals surface area (Å²) in [5.41, 5.74) is 0.591. The van der Waals surface area contributed by atoms with Gasteiger partial charge in [0.2, 0.25) is 0 Å². The summed E-state index contributed by atoms with van der Waals surface area (Å²) in [6, 6.07) is 6.34. The van der Waals surface area contributed by atoms with Gasteiger partial charge >= 0.3 is 0 Å². The van der Waals surface area contributed by atoms with Gasteiger partial charge in [-0.15, -0.1) is 0 Å². The van der Waals surface area contributed by atoms with Crippen molar-refractivity contribution < 1.29 is 4.39 Å². The first-order valence-corrected chi connectivity index (χ1v) is 6.94. The second kappa shape index (κ2) is 6.08. The number of halogens is 1. The van der Waals surface area contributed by atoms with E-state index >= 15 is 0 Å². The summed E-state index contributed by atoms with van der Waals surface area (Å²) in [7, 11) is 0. The average Bonchev–Trinajstić information content (AvgIpc) is 2.41. The molecule has 21 heavy (non-hydrogen) atoms. The number of nitrogens with zero attached hydrogens (tertiary/aromatic N) is 2. The van der Waals surface area contributed by atoms with Gasteiger partial charge in [-0.05, 0) is 44.9 Å². The molecule has 2 aromatic rings. The molecule has 2 rings (SSSR count). The predicted octanol–water partition coefficient (Wildman–Crippen LogP) is 2.79. The minimum Gasteiger partial charge on any atom is -0.365 e. The molecule has 0 spiro atoms. The van der Waals surface area contributed by atoms with Gasteiger partial charge in [-0.25, -0.2) is 9.37 Å². The molecule has 0 atom stereocenters. The van der Waals surface area contributed by atoms with Crippen LogP contribution in [-0.2, 0) is 12.0 Å². The molecule has 0 unspecified atom stereocenters. The van der Waals surface area contributed by atoms with E-state index in [1.807, 2.05) is 20.8 Å². The Morgan fingerprint density at radius 1 is 1.24 bits per heavy atom. The number of nitrogens with one attached hydrogen (secondary N) is 1. The van der Waals surface area contributed by atoms with Crippen LogP contribution >= 0.6 is 0 Å². The quantitative estimate of drug-likeness (QED) is 0.941. The van der Waals surface area contributed by atoms with Gasteiger partial charge in [-0.1, -0.05) is 12.1 Å². The first kappa shape index (κ1) is 15.2. The Morgan fingerprint density at radius 2 is 1.90 bits per heavy atom. The maximum atomic E-state index is 12.8. The molecular formula is C16H20FN3O. The van der Waals surface area contributed by atoms with Gasteiger partial charge in [-0.3, -0.25) is 4.79 Å². The van der Waals surface area contributed by atoms with E-state index in [1.54, 1.807) is 29.1 Å². The Hall–Kier alpha value is -2.17. The van der Waals surface area contributed by atoms with Crippen LogP contribution in [0.5, 0.6) is 0 Å². The zero-order chi connectivity index (χ0) is 15.5. The molecule has 1 N–H and O–H groups in total. The summed E-state index contributed by atoms with van der Waals surface area (Å²) in [5, 5.41) is 3.05. The lowest BCUT2D eigenvalue weighted by Crippen LogP contribution is -2.35. The third kappa shape index (κ3) is 3.90. The van der Waals surface area contributed by atoms with Crippen LogP contribution in [0.25, 0.3) is 0 Å². The second-order valence-corrected chi connectivity index (χ2v) is 5.93. The topological polar surface area (TPSA) is 46.9 Å². The Balaban J connectivity index is 2.04. The first-order valence-electron chi connectivity index (χ1n) is 6.94. The number of aromatic nitrogens is 2. The van der Waals surface area contributed by atoms with Gasteiger partial charge in [0.15, 0.2) is 5.82 Å². The number of hydrogen-bond acceptors (Lipinski definition) is 3. The van der Waals surface area contributed by atoms with Crippen LogP contribution < -0.4 is 10.9 Å². The second-order valence-electron chi connectivity index (χ2n) is 5.93. The van der Waals surface area contributed by atoms with Crippen LogP contribution in [-0.4, -0.2) is 16.1 Å². The average molecular weight is 289 g/mol. The fourth-order valence-electron chi connectivity index (χ4n) is 2.04.